The third-order valence-electron chi connectivity index (χ3n) is 6.04. The van der Waals surface area contributed by atoms with Gasteiger partial charge in [0.1, 0.15) is 12.4 Å². The maximum atomic E-state index is 13.5. The molecule has 0 spiro atoms. The zero-order valence-electron chi connectivity index (χ0n) is 21.3. The van der Waals surface area contributed by atoms with Gasteiger partial charge in [0.2, 0.25) is 18.0 Å². The average Bonchev–Trinajstić information content (AvgIpc) is 3.00. The van der Waals surface area contributed by atoms with Gasteiger partial charge in [0.05, 0.1) is 17.9 Å². The molecule has 0 saturated heterocycles. The Hall–Kier alpha value is -3.89. The van der Waals surface area contributed by atoms with Crippen LogP contribution < -0.4 is 20.7 Å². The molecule has 3 amide bonds. The molecule has 204 valence electrons. The molecule has 0 radical (unpaired) electrons. The van der Waals surface area contributed by atoms with E-state index < -0.39 is 36.5 Å². The number of carbonyl (C=O) groups is 3. The van der Waals surface area contributed by atoms with Crippen molar-refractivity contribution in [1.29, 1.82) is 0 Å². The first-order chi connectivity index (χ1) is 18.1. The van der Waals surface area contributed by atoms with Gasteiger partial charge in [-0.25, -0.2) is 4.99 Å². The summed E-state index contributed by atoms with van der Waals surface area (Å²) in [7, 11) is 0. The average molecular weight is 533 g/mol. The Labute approximate surface area is 219 Å². The summed E-state index contributed by atoms with van der Waals surface area (Å²) in [5.41, 5.74) is 8.17. The van der Waals surface area contributed by atoms with Gasteiger partial charge in [0, 0.05) is 29.9 Å². The topological polar surface area (TPSA) is 114 Å². The minimum atomic E-state index is -3.96. The Morgan fingerprint density at radius 2 is 1.84 bits per heavy atom. The number of nitrogens with one attached hydrogen (secondary N) is 1. The van der Waals surface area contributed by atoms with Gasteiger partial charge in [-0.2, -0.15) is 13.2 Å². The number of para-hydroxylation sites is 1. The van der Waals surface area contributed by atoms with Crippen molar-refractivity contribution < 1.29 is 32.3 Å². The number of aliphatic imine (C=N–C) groups is 1. The highest BCUT2D eigenvalue weighted by Crippen LogP contribution is 2.38. The molecule has 3 N–H and O–H groups in total. The van der Waals surface area contributed by atoms with Crippen LogP contribution in [0, 0.1) is 5.92 Å². The molecule has 0 aromatic heterocycles. The molecule has 0 saturated carbocycles. The Kier molecular flexibility index (Phi) is 9.49. The van der Waals surface area contributed by atoms with Crippen molar-refractivity contribution in [3.05, 3.63) is 59.7 Å². The van der Waals surface area contributed by atoms with Crippen LogP contribution in [0.4, 0.5) is 18.9 Å². The van der Waals surface area contributed by atoms with Crippen LogP contribution in [-0.4, -0.2) is 48.9 Å². The second-order valence-electron chi connectivity index (χ2n) is 8.87. The van der Waals surface area contributed by atoms with Crippen molar-refractivity contribution in [2.45, 2.75) is 51.9 Å². The van der Waals surface area contributed by atoms with Gasteiger partial charge >= 0.3 is 6.18 Å². The van der Waals surface area contributed by atoms with Crippen molar-refractivity contribution in [3.8, 4) is 5.75 Å². The van der Waals surface area contributed by atoms with Gasteiger partial charge in [0.25, 0.3) is 5.91 Å². The molecule has 2 aliphatic rings. The van der Waals surface area contributed by atoms with Crippen molar-refractivity contribution in [2.24, 2.45) is 16.6 Å². The fourth-order valence-electron chi connectivity index (χ4n) is 4.18. The molecule has 0 aliphatic carbocycles. The van der Waals surface area contributed by atoms with Gasteiger partial charge in [-0.1, -0.05) is 62.7 Å². The summed E-state index contributed by atoms with van der Waals surface area (Å²) in [5.74, 6) is -1.29. The number of alkyl halides is 3. The largest absolute Gasteiger partial charge is 0.490 e. The van der Waals surface area contributed by atoms with Crippen LogP contribution in [-0.2, 0) is 14.4 Å². The quantitative estimate of drug-likeness (QED) is 0.562. The summed E-state index contributed by atoms with van der Waals surface area (Å²) >= 11 is 0. The third-order valence-corrected chi connectivity index (χ3v) is 6.04. The Morgan fingerprint density at radius 1 is 1.16 bits per heavy atom. The minimum absolute atomic E-state index is 0.0717. The van der Waals surface area contributed by atoms with Crippen LogP contribution in [0.2, 0.25) is 0 Å². The van der Waals surface area contributed by atoms with Crippen LogP contribution in [0.5, 0.6) is 5.75 Å². The Morgan fingerprint density at radius 3 is 2.45 bits per heavy atom. The maximum absolute atomic E-state index is 13.5. The maximum Gasteiger partial charge on any atom is 0.388 e. The van der Waals surface area contributed by atoms with E-state index in [9.17, 15) is 27.6 Å². The summed E-state index contributed by atoms with van der Waals surface area (Å²) in [4.78, 5) is 44.3. The summed E-state index contributed by atoms with van der Waals surface area (Å²) in [6.45, 7) is 3.71. The molecule has 38 heavy (non-hydrogen) atoms. The molecule has 2 heterocycles. The molecule has 4 rings (SSSR count). The number of nitrogens with zero attached hydrogens (tertiary/aromatic N) is 2. The van der Waals surface area contributed by atoms with Gasteiger partial charge in [-0.3, -0.25) is 14.4 Å². The van der Waals surface area contributed by atoms with Crippen LogP contribution in [0.15, 0.2) is 53.5 Å². The number of hydrogen-bond donors (Lipinski definition) is 2. The lowest BCUT2D eigenvalue weighted by atomic mass is 9.98. The lowest BCUT2D eigenvalue weighted by Gasteiger charge is -2.31. The standard InChI is InChI=1S/C24H26N4O4.C3H5F3/c1-2-7-16(14-19(25)29)23(30)27-22-24(31)28-12-13-32-18-11-6-10-17(21(18)28)20(26-22)15-8-4-3-5-9-15;1-2-3(4,5)6/h3-6,8-11,16,22H,2,7,12-14H2,1H3,(H2,25,29)(H,27,30);2H2,1H3. The predicted molar refractivity (Wildman–Crippen MR) is 137 cm³/mol. The van der Waals surface area contributed by atoms with Crippen LogP contribution >= 0.6 is 0 Å². The number of nitrogens with two attached hydrogens (primary N) is 1. The number of amides is 3. The summed E-state index contributed by atoms with van der Waals surface area (Å²) in [5, 5.41) is 2.78. The van der Waals surface area contributed by atoms with Gasteiger partial charge < -0.3 is 20.7 Å². The number of halogens is 3. The minimum Gasteiger partial charge on any atom is -0.490 e. The van der Waals surface area contributed by atoms with Crippen molar-refractivity contribution in [3.63, 3.8) is 0 Å². The number of carbonyl (C=O) groups excluding carboxylic acids is 3. The monoisotopic (exact) mass is 532 g/mol. The van der Waals surface area contributed by atoms with E-state index >= 15 is 0 Å². The molecule has 2 aliphatic heterocycles. The smallest absolute Gasteiger partial charge is 0.388 e. The second kappa shape index (κ2) is 12.6. The van der Waals surface area contributed by atoms with E-state index in [1.54, 1.807) is 4.90 Å². The number of primary amides is 1. The molecule has 11 heteroatoms. The molecule has 2 unspecified atom stereocenters. The number of ether oxygens (including phenoxy) is 1. The molecule has 2 atom stereocenters. The van der Waals surface area contributed by atoms with Gasteiger partial charge in [-0.05, 0) is 12.5 Å². The van der Waals surface area contributed by atoms with Crippen molar-refractivity contribution >= 4 is 29.1 Å². The second-order valence-corrected chi connectivity index (χ2v) is 8.87. The fourth-order valence-corrected chi connectivity index (χ4v) is 4.18. The van der Waals surface area contributed by atoms with Crippen LogP contribution in [0.3, 0.4) is 0 Å². The van der Waals surface area contributed by atoms with E-state index in [1.165, 1.54) is 0 Å². The fraction of sp³-hybridized carbons (Fsp3) is 0.407. The van der Waals surface area contributed by atoms with Gasteiger partial charge in [-0.15, -0.1) is 0 Å². The molecule has 0 fully saturated rings. The van der Waals surface area contributed by atoms with Crippen molar-refractivity contribution in [1.82, 2.24) is 5.32 Å². The third kappa shape index (κ3) is 7.11. The Bertz CT molecular complexity index is 1180. The highest BCUT2D eigenvalue weighted by molar-refractivity contribution is 6.21. The lowest BCUT2D eigenvalue weighted by Crippen LogP contribution is -2.51. The van der Waals surface area contributed by atoms with Crippen LogP contribution in [0.1, 0.15) is 50.7 Å². The highest BCUT2D eigenvalue weighted by Gasteiger charge is 2.37. The molecule has 2 aromatic rings. The molecule has 2 aromatic carbocycles. The van der Waals surface area contributed by atoms with E-state index in [2.05, 4.69) is 5.32 Å². The lowest BCUT2D eigenvalue weighted by molar-refractivity contribution is -0.132. The van der Waals surface area contributed by atoms with E-state index in [0.29, 0.717) is 43.1 Å². The van der Waals surface area contributed by atoms with E-state index in [4.69, 9.17) is 15.5 Å². The summed E-state index contributed by atoms with van der Waals surface area (Å²) in [6.07, 6.45) is -4.68. The first kappa shape index (κ1) is 28.7. The Balaban J connectivity index is 0.000000599. The number of hydrogen-bond acceptors (Lipinski definition) is 5. The number of rotatable bonds is 7. The van der Waals surface area contributed by atoms with E-state index in [-0.39, 0.29) is 12.3 Å². The van der Waals surface area contributed by atoms with E-state index in [1.807, 2.05) is 55.5 Å². The number of anilines is 1. The number of benzene rings is 2. The highest BCUT2D eigenvalue weighted by atomic mass is 19.4. The summed E-state index contributed by atoms with van der Waals surface area (Å²) in [6, 6.07) is 15.1. The zero-order valence-corrected chi connectivity index (χ0v) is 21.3. The van der Waals surface area contributed by atoms with E-state index in [0.717, 1.165) is 18.1 Å². The zero-order chi connectivity index (χ0) is 27.9. The van der Waals surface area contributed by atoms with Crippen molar-refractivity contribution in [2.75, 3.05) is 18.1 Å². The summed E-state index contributed by atoms with van der Waals surface area (Å²) < 4.78 is 38.2. The normalized spacial score (nSPS) is 17.1. The molecule has 8 nitrogen and oxygen atoms in total. The molecular formula is C27H31F3N4O4. The van der Waals surface area contributed by atoms with Gasteiger partial charge in [0.15, 0.2) is 0 Å². The first-order valence-corrected chi connectivity index (χ1v) is 12.4. The first-order valence-electron chi connectivity index (χ1n) is 12.4. The SMILES string of the molecule is CCC(F)(F)F.CCCC(CC(N)=O)C(=O)NC1N=C(c2ccccc2)c2cccc3c2N(CCO3)C1=O. The molecular weight excluding hydrogens is 501 g/mol. The predicted octanol–water partition coefficient (Wildman–Crippen LogP) is 3.96. The van der Waals surface area contributed by atoms with Crippen LogP contribution in [0.25, 0.3) is 0 Å². The molecule has 0 bridgehead atoms.